The number of rotatable bonds is 15. The highest BCUT2D eigenvalue weighted by atomic mass is 16.4. The summed E-state index contributed by atoms with van der Waals surface area (Å²) in [6, 6.07) is 0. The first kappa shape index (κ1) is 20.3. The lowest BCUT2D eigenvalue weighted by Gasteiger charge is -2.17. The van der Waals surface area contributed by atoms with Gasteiger partial charge in [0.25, 0.3) is 0 Å². The second-order valence-corrected chi connectivity index (χ2v) is 5.76. The molecule has 0 saturated heterocycles. The van der Waals surface area contributed by atoms with Gasteiger partial charge in [-0.1, -0.05) is 44.9 Å². The van der Waals surface area contributed by atoms with Crippen molar-refractivity contribution in [1.29, 1.82) is 0 Å². The van der Waals surface area contributed by atoms with Gasteiger partial charge in [-0.25, -0.2) is 0 Å². The molecule has 4 N–H and O–H groups in total. The van der Waals surface area contributed by atoms with Crippen LogP contribution >= 0.6 is 0 Å². The molecule has 0 aromatic heterocycles. The fraction of sp³-hybridized carbons (Fsp3) is 0.938. The van der Waals surface area contributed by atoms with Crippen molar-refractivity contribution in [3.05, 3.63) is 0 Å². The van der Waals surface area contributed by atoms with Gasteiger partial charge in [0.1, 0.15) is 0 Å². The number of aliphatic carboxylic acids is 1. The topological polar surface area (TPSA) is 98.0 Å². The Hall–Kier alpha value is -0.650. The van der Waals surface area contributed by atoms with Crippen LogP contribution in [0.1, 0.15) is 77.0 Å². The van der Waals surface area contributed by atoms with Gasteiger partial charge >= 0.3 is 5.97 Å². The number of carboxylic acid groups (broad SMARTS) is 1. The van der Waals surface area contributed by atoms with Gasteiger partial charge in [0, 0.05) is 13.0 Å². The summed E-state index contributed by atoms with van der Waals surface area (Å²) in [6.07, 6.45) is 8.33. The number of carbonyl (C=O) groups is 1. The Morgan fingerprint density at radius 3 is 1.62 bits per heavy atom. The van der Waals surface area contributed by atoms with E-state index in [2.05, 4.69) is 0 Å². The Morgan fingerprint density at radius 1 is 0.714 bits per heavy atom. The molecule has 0 rings (SSSR count). The van der Waals surface area contributed by atoms with Gasteiger partial charge in [0.05, 0.1) is 12.2 Å². The Morgan fingerprint density at radius 2 is 1.14 bits per heavy atom. The van der Waals surface area contributed by atoms with E-state index in [-0.39, 0.29) is 13.0 Å². The van der Waals surface area contributed by atoms with E-state index in [0.29, 0.717) is 25.7 Å². The molecule has 0 amide bonds. The normalized spacial score (nSPS) is 14.0. The summed E-state index contributed by atoms with van der Waals surface area (Å²) in [7, 11) is 0. The maximum atomic E-state index is 10.3. The maximum Gasteiger partial charge on any atom is 0.303 e. The minimum atomic E-state index is -0.816. The third-order valence-electron chi connectivity index (χ3n) is 3.74. The Labute approximate surface area is 128 Å². The minimum Gasteiger partial charge on any atom is -0.481 e. The van der Waals surface area contributed by atoms with Crippen LogP contribution in [0.3, 0.4) is 0 Å². The van der Waals surface area contributed by atoms with Crippen molar-refractivity contribution >= 4 is 5.97 Å². The largest absolute Gasteiger partial charge is 0.481 e. The Kier molecular flexibility index (Phi) is 13.9. The molecule has 0 spiro atoms. The van der Waals surface area contributed by atoms with Gasteiger partial charge in [-0.2, -0.15) is 0 Å². The highest BCUT2D eigenvalue weighted by Gasteiger charge is 2.15. The highest BCUT2D eigenvalue weighted by Crippen LogP contribution is 2.14. The van der Waals surface area contributed by atoms with Crippen LogP contribution in [0.4, 0.5) is 0 Å². The van der Waals surface area contributed by atoms with Crippen LogP contribution in [0.25, 0.3) is 0 Å². The van der Waals surface area contributed by atoms with Gasteiger partial charge in [0.2, 0.25) is 0 Å². The summed E-state index contributed by atoms with van der Waals surface area (Å²) >= 11 is 0. The standard InChI is InChI=1S/C16H32O5/c17-13-9-5-3-1-2-4-6-10-14(18)15(19)11-7-8-12-16(20)21/h14-15,17-19H,1-13H2,(H,20,21). The molecule has 0 saturated carbocycles. The number of aliphatic hydroxyl groups excluding tert-OH is 3. The van der Waals surface area contributed by atoms with E-state index >= 15 is 0 Å². The number of unbranched alkanes of at least 4 members (excludes halogenated alkanes) is 7. The zero-order valence-electron chi connectivity index (χ0n) is 13.0. The van der Waals surface area contributed by atoms with Crippen LogP contribution in [-0.4, -0.2) is 45.2 Å². The monoisotopic (exact) mass is 304 g/mol. The van der Waals surface area contributed by atoms with E-state index in [9.17, 15) is 15.0 Å². The average molecular weight is 304 g/mol. The van der Waals surface area contributed by atoms with Crippen LogP contribution in [0, 0.1) is 0 Å². The van der Waals surface area contributed by atoms with Crippen LogP contribution < -0.4 is 0 Å². The summed E-state index contributed by atoms with van der Waals surface area (Å²) in [5.41, 5.74) is 0. The molecule has 0 radical (unpaired) electrons. The first-order chi connectivity index (χ1) is 10.1. The molecule has 0 fully saturated rings. The SMILES string of the molecule is O=C(O)CCCCC(O)C(O)CCCCCCCCCO. The van der Waals surface area contributed by atoms with Gasteiger partial charge in [-0.3, -0.25) is 4.79 Å². The number of aliphatic hydroxyl groups is 3. The van der Waals surface area contributed by atoms with Gasteiger partial charge in [0.15, 0.2) is 0 Å². The van der Waals surface area contributed by atoms with Crippen molar-refractivity contribution in [1.82, 2.24) is 0 Å². The molecule has 21 heavy (non-hydrogen) atoms. The van der Waals surface area contributed by atoms with Crippen LogP contribution in [0.15, 0.2) is 0 Å². The van der Waals surface area contributed by atoms with E-state index in [1.54, 1.807) is 0 Å². The molecular formula is C16H32O5. The molecule has 0 aromatic rings. The second-order valence-electron chi connectivity index (χ2n) is 5.76. The average Bonchev–Trinajstić information content (AvgIpc) is 2.45. The lowest BCUT2D eigenvalue weighted by atomic mass is 10.00. The summed E-state index contributed by atoms with van der Waals surface area (Å²) in [5.74, 6) is -0.816. The van der Waals surface area contributed by atoms with Crippen molar-refractivity contribution in [3.63, 3.8) is 0 Å². The molecule has 0 heterocycles. The molecule has 5 heteroatoms. The predicted octanol–water partition coefficient (Wildman–Crippen LogP) is 2.47. The summed E-state index contributed by atoms with van der Waals surface area (Å²) < 4.78 is 0. The number of hydrogen-bond donors (Lipinski definition) is 4. The number of hydrogen-bond acceptors (Lipinski definition) is 4. The van der Waals surface area contributed by atoms with Crippen LogP contribution in [-0.2, 0) is 4.79 Å². The Balaban J connectivity index is 3.38. The third kappa shape index (κ3) is 14.1. The number of carboxylic acids is 1. The zero-order valence-corrected chi connectivity index (χ0v) is 13.0. The fourth-order valence-electron chi connectivity index (χ4n) is 2.36. The van der Waals surface area contributed by atoms with Crippen molar-refractivity contribution in [2.75, 3.05) is 6.61 Å². The smallest absolute Gasteiger partial charge is 0.303 e. The molecule has 0 bridgehead atoms. The van der Waals surface area contributed by atoms with Crippen molar-refractivity contribution < 1.29 is 25.2 Å². The second kappa shape index (κ2) is 14.3. The van der Waals surface area contributed by atoms with Gasteiger partial charge in [-0.15, -0.1) is 0 Å². The molecule has 5 nitrogen and oxygen atoms in total. The summed E-state index contributed by atoms with van der Waals surface area (Å²) in [6.45, 7) is 0.274. The first-order valence-electron chi connectivity index (χ1n) is 8.26. The maximum absolute atomic E-state index is 10.3. The molecule has 2 atom stereocenters. The van der Waals surface area contributed by atoms with Crippen molar-refractivity contribution in [3.8, 4) is 0 Å². The lowest BCUT2D eigenvalue weighted by molar-refractivity contribution is -0.137. The molecular weight excluding hydrogens is 272 g/mol. The first-order valence-corrected chi connectivity index (χ1v) is 8.26. The van der Waals surface area contributed by atoms with Gasteiger partial charge < -0.3 is 20.4 Å². The fourth-order valence-corrected chi connectivity index (χ4v) is 2.36. The molecule has 0 aromatic carbocycles. The van der Waals surface area contributed by atoms with E-state index in [1.165, 1.54) is 0 Å². The predicted molar refractivity (Wildman–Crippen MR) is 82.1 cm³/mol. The summed E-state index contributed by atoms with van der Waals surface area (Å²) in [4.78, 5) is 10.3. The quantitative estimate of drug-likeness (QED) is 0.348. The van der Waals surface area contributed by atoms with Crippen molar-refractivity contribution in [2.45, 2.75) is 89.3 Å². The van der Waals surface area contributed by atoms with E-state index < -0.39 is 18.2 Å². The van der Waals surface area contributed by atoms with Crippen molar-refractivity contribution in [2.24, 2.45) is 0 Å². The molecule has 2 unspecified atom stereocenters. The third-order valence-corrected chi connectivity index (χ3v) is 3.74. The molecule has 0 aliphatic rings. The van der Waals surface area contributed by atoms with Crippen LogP contribution in [0.2, 0.25) is 0 Å². The Bertz CT molecular complexity index is 245. The molecule has 126 valence electrons. The van der Waals surface area contributed by atoms with E-state index in [0.717, 1.165) is 44.9 Å². The minimum absolute atomic E-state index is 0.124. The van der Waals surface area contributed by atoms with Crippen LogP contribution in [0.5, 0.6) is 0 Å². The van der Waals surface area contributed by atoms with E-state index in [4.69, 9.17) is 10.2 Å². The highest BCUT2D eigenvalue weighted by molar-refractivity contribution is 5.66. The molecule has 0 aliphatic carbocycles. The molecule has 0 aliphatic heterocycles. The lowest BCUT2D eigenvalue weighted by Crippen LogP contribution is -2.25. The van der Waals surface area contributed by atoms with E-state index in [1.807, 2.05) is 0 Å². The summed E-state index contributed by atoms with van der Waals surface area (Å²) in [5, 5.41) is 36.7. The zero-order chi connectivity index (χ0) is 15.9. The van der Waals surface area contributed by atoms with Gasteiger partial charge in [-0.05, 0) is 25.7 Å².